The van der Waals surface area contributed by atoms with Crippen LogP contribution >= 0.6 is 0 Å². The molecule has 2 aliphatic rings. The van der Waals surface area contributed by atoms with Gasteiger partial charge in [0.1, 0.15) is 0 Å². The first kappa shape index (κ1) is 10.3. The normalized spacial score (nSPS) is 25.6. The molecule has 1 heteroatoms. The molecule has 1 heterocycles. The van der Waals surface area contributed by atoms with Crippen molar-refractivity contribution in [2.45, 2.75) is 43.9 Å². The van der Waals surface area contributed by atoms with Crippen LogP contribution in [0.4, 0.5) is 0 Å². The lowest BCUT2D eigenvalue weighted by Gasteiger charge is -2.36. The lowest BCUT2D eigenvalue weighted by atomic mass is 9.72. The van der Waals surface area contributed by atoms with Crippen molar-refractivity contribution in [3.8, 4) is 0 Å². The third kappa shape index (κ3) is 1.34. The minimum Gasteiger partial charge on any atom is -0.317 e. The minimum atomic E-state index is 0.369. The molecule has 0 radical (unpaired) electrons. The summed E-state index contributed by atoms with van der Waals surface area (Å²) >= 11 is 0. The van der Waals surface area contributed by atoms with Gasteiger partial charge < -0.3 is 5.32 Å². The second kappa shape index (κ2) is 3.33. The van der Waals surface area contributed by atoms with Gasteiger partial charge in [-0.25, -0.2) is 0 Å². The monoisotopic (exact) mass is 215 g/mol. The van der Waals surface area contributed by atoms with Crippen LogP contribution in [-0.2, 0) is 10.8 Å². The van der Waals surface area contributed by atoms with Gasteiger partial charge in [-0.05, 0) is 54.3 Å². The van der Waals surface area contributed by atoms with Gasteiger partial charge in [0.25, 0.3) is 0 Å². The van der Waals surface area contributed by atoms with Crippen molar-refractivity contribution in [1.82, 2.24) is 5.32 Å². The van der Waals surface area contributed by atoms with E-state index in [9.17, 15) is 0 Å². The highest BCUT2D eigenvalue weighted by Gasteiger charge is 2.47. The molecule has 1 saturated heterocycles. The van der Waals surface area contributed by atoms with E-state index in [-0.39, 0.29) is 0 Å². The summed E-state index contributed by atoms with van der Waals surface area (Å²) in [5, 5.41) is 3.49. The molecule has 0 atom stereocenters. The SMILES string of the molecule is CC1(C)CC2(CCNCC2)c2ccccc21. The zero-order valence-corrected chi connectivity index (χ0v) is 10.3. The summed E-state index contributed by atoms with van der Waals surface area (Å²) in [7, 11) is 0. The van der Waals surface area contributed by atoms with Crippen LogP contribution in [0.3, 0.4) is 0 Å². The topological polar surface area (TPSA) is 12.0 Å². The maximum atomic E-state index is 3.49. The highest BCUT2D eigenvalue weighted by atomic mass is 14.9. The molecule has 0 aromatic heterocycles. The van der Waals surface area contributed by atoms with Crippen LogP contribution in [0.1, 0.15) is 44.2 Å². The van der Waals surface area contributed by atoms with Crippen LogP contribution in [0.15, 0.2) is 24.3 Å². The summed E-state index contributed by atoms with van der Waals surface area (Å²) < 4.78 is 0. The average Bonchev–Trinajstić information content (AvgIpc) is 2.50. The molecule has 1 nitrogen and oxygen atoms in total. The van der Waals surface area contributed by atoms with Crippen LogP contribution in [-0.4, -0.2) is 13.1 Å². The molecular weight excluding hydrogens is 194 g/mol. The van der Waals surface area contributed by atoms with E-state index in [1.807, 2.05) is 0 Å². The standard InChI is InChI=1S/C15H21N/c1-14(2)11-15(7-9-16-10-8-15)13-6-4-3-5-12(13)14/h3-6,16H,7-11H2,1-2H3. The zero-order chi connectivity index (χ0) is 11.2. The van der Waals surface area contributed by atoms with Crippen LogP contribution in [0, 0.1) is 0 Å². The first-order chi connectivity index (χ1) is 7.64. The Morgan fingerprint density at radius 1 is 1.00 bits per heavy atom. The maximum absolute atomic E-state index is 3.49. The van der Waals surface area contributed by atoms with Crippen molar-refractivity contribution in [1.29, 1.82) is 0 Å². The Hall–Kier alpha value is -0.820. The Labute approximate surface area is 98.3 Å². The van der Waals surface area contributed by atoms with Gasteiger partial charge in [-0.2, -0.15) is 0 Å². The van der Waals surface area contributed by atoms with Crippen molar-refractivity contribution in [2.75, 3.05) is 13.1 Å². The van der Waals surface area contributed by atoms with E-state index < -0.39 is 0 Å². The largest absolute Gasteiger partial charge is 0.317 e. The quantitative estimate of drug-likeness (QED) is 0.701. The van der Waals surface area contributed by atoms with Gasteiger partial charge in [-0.15, -0.1) is 0 Å². The summed E-state index contributed by atoms with van der Waals surface area (Å²) in [6.07, 6.45) is 3.96. The first-order valence-electron chi connectivity index (χ1n) is 6.45. The lowest BCUT2D eigenvalue weighted by molar-refractivity contribution is 0.269. The fourth-order valence-electron chi connectivity index (χ4n) is 3.92. The number of hydrogen-bond acceptors (Lipinski definition) is 1. The predicted octanol–water partition coefficient (Wildman–Crippen LogP) is 2.99. The van der Waals surface area contributed by atoms with Gasteiger partial charge in [0, 0.05) is 0 Å². The van der Waals surface area contributed by atoms with Crippen LogP contribution in [0.5, 0.6) is 0 Å². The number of hydrogen-bond donors (Lipinski definition) is 1. The summed E-state index contributed by atoms with van der Waals surface area (Å²) in [4.78, 5) is 0. The summed E-state index contributed by atoms with van der Waals surface area (Å²) in [5.41, 5.74) is 4.08. The smallest absolute Gasteiger partial charge is 0.00117 e. The van der Waals surface area contributed by atoms with E-state index >= 15 is 0 Å². The van der Waals surface area contributed by atoms with Crippen LogP contribution < -0.4 is 5.32 Å². The summed E-state index contributed by atoms with van der Waals surface area (Å²) in [6, 6.07) is 9.12. The molecule has 1 N–H and O–H groups in total. The minimum absolute atomic E-state index is 0.369. The highest BCUT2D eigenvalue weighted by Crippen LogP contribution is 2.53. The van der Waals surface area contributed by atoms with Crippen molar-refractivity contribution in [2.24, 2.45) is 0 Å². The van der Waals surface area contributed by atoms with E-state index in [1.54, 1.807) is 11.1 Å². The van der Waals surface area contributed by atoms with Gasteiger partial charge in [0.2, 0.25) is 0 Å². The molecule has 1 aromatic rings. The van der Waals surface area contributed by atoms with Crippen molar-refractivity contribution in [3.05, 3.63) is 35.4 Å². The molecule has 1 aromatic carbocycles. The number of benzene rings is 1. The first-order valence-corrected chi connectivity index (χ1v) is 6.45. The lowest BCUT2D eigenvalue weighted by Crippen LogP contribution is -2.39. The summed E-state index contributed by atoms with van der Waals surface area (Å²) in [6.45, 7) is 7.18. The third-order valence-electron chi connectivity index (χ3n) is 4.57. The Morgan fingerprint density at radius 3 is 2.31 bits per heavy atom. The van der Waals surface area contributed by atoms with Gasteiger partial charge in [0.05, 0.1) is 0 Å². The molecule has 0 saturated carbocycles. The van der Waals surface area contributed by atoms with Crippen LogP contribution in [0.25, 0.3) is 0 Å². The van der Waals surface area contributed by atoms with E-state index in [1.165, 1.54) is 32.4 Å². The van der Waals surface area contributed by atoms with Gasteiger partial charge >= 0.3 is 0 Å². The molecule has 1 spiro atoms. The second-order valence-electron chi connectivity index (χ2n) is 6.14. The fraction of sp³-hybridized carbons (Fsp3) is 0.600. The molecule has 0 bridgehead atoms. The molecule has 86 valence electrons. The molecule has 1 fully saturated rings. The van der Waals surface area contributed by atoms with Crippen molar-refractivity contribution < 1.29 is 0 Å². The molecule has 0 unspecified atom stereocenters. The molecule has 3 rings (SSSR count). The number of rotatable bonds is 0. The van der Waals surface area contributed by atoms with E-state index in [0.29, 0.717) is 10.8 Å². The molecule has 16 heavy (non-hydrogen) atoms. The van der Waals surface area contributed by atoms with Gasteiger partial charge in [-0.3, -0.25) is 0 Å². The number of fused-ring (bicyclic) bond motifs is 2. The predicted molar refractivity (Wildman–Crippen MR) is 67.9 cm³/mol. The molecule has 1 aliphatic heterocycles. The Bertz CT molecular complexity index is 400. The molecule has 1 aliphatic carbocycles. The highest BCUT2D eigenvalue weighted by molar-refractivity contribution is 5.45. The Morgan fingerprint density at radius 2 is 1.62 bits per heavy atom. The average molecular weight is 215 g/mol. The zero-order valence-electron chi connectivity index (χ0n) is 10.3. The van der Waals surface area contributed by atoms with Crippen molar-refractivity contribution >= 4 is 0 Å². The molecular formula is C15H21N. The third-order valence-corrected chi connectivity index (χ3v) is 4.57. The maximum Gasteiger partial charge on any atom is -0.00117 e. The van der Waals surface area contributed by atoms with Crippen molar-refractivity contribution in [3.63, 3.8) is 0 Å². The second-order valence-corrected chi connectivity index (χ2v) is 6.14. The van der Waals surface area contributed by atoms with E-state index in [4.69, 9.17) is 0 Å². The molecule has 0 amide bonds. The van der Waals surface area contributed by atoms with Gasteiger partial charge in [0.15, 0.2) is 0 Å². The Kier molecular flexibility index (Phi) is 2.16. The Balaban J connectivity index is 2.11. The van der Waals surface area contributed by atoms with Crippen LogP contribution in [0.2, 0.25) is 0 Å². The number of nitrogens with one attached hydrogen (secondary N) is 1. The van der Waals surface area contributed by atoms with E-state index in [2.05, 4.69) is 43.4 Å². The summed E-state index contributed by atoms with van der Waals surface area (Å²) in [5.74, 6) is 0. The fourth-order valence-corrected chi connectivity index (χ4v) is 3.92. The van der Waals surface area contributed by atoms with E-state index in [0.717, 1.165) is 0 Å². The van der Waals surface area contributed by atoms with Gasteiger partial charge in [-0.1, -0.05) is 38.1 Å². The number of piperidine rings is 1.